The Kier molecular flexibility index (Phi) is 7.68. The van der Waals surface area contributed by atoms with Crippen LogP contribution in [0.1, 0.15) is 60.8 Å². The topological polar surface area (TPSA) is 102 Å². The Hall–Kier alpha value is -3.36. The molecule has 8 nitrogen and oxygen atoms in total. The summed E-state index contributed by atoms with van der Waals surface area (Å²) in [5.74, 6) is -1.12. The molecular weight excluding hydrogens is 553 g/mol. The van der Waals surface area contributed by atoms with Gasteiger partial charge in [0.05, 0.1) is 11.3 Å². The number of carbonyl (C=O) groups excluding carboxylic acids is 2. The van der Waals surface area contributed by atoms with E-state index < -0.39 is 17.7 Å². The number of fused-ring (bicyclic) bond motifs is 1. The van der Waals surface area contributed by atoms with Crippen molar-refractivity contribution in [3.63, 3.8) is 0 Å². The summed E-state index contributed by atoms with van der Waals surface area (Å²) in [7, 11) is 0. The van der Waals surface area contributed by atoms with Crippen LogP contribution in [0.3, 0.4) is 0 Å². The summed E-state index contributed by atoms with van der Waals surface area (Å²) in [5.41, 5.74) is 3.75. The van der Waals surface area contributed by atoms with E-state index >= 15 is 0 Å². The van der Waals surface area contributed by atoms with Gasteiger partial charge >= 0.3 is 12.1 Å². The standard InChI is InChI=1S/C30H31Cl2N3O5/c1-30(2,3)40-29(39)35-16-21-12-22(8-9-26(21)33-35)34-11-10-19(27(34)36)13-23-24(31)14-20(15-25(23)32)17-4-6-18(7-5-17)28(37)38/h4-7,14-16,19,22H,8-13H2,1-3H3,(H,37,38). The molecule has 40 heavy (non-hydrogen) atoms. The number of halogens is 2. The number of nitrogens with zero attached hydrogens (tertiary/aromatic N) is 3. The van der Waals surface area contributed by atoms with Gasteiger partial charge in [-0.15, -0.1) is 0 Å². The Morgan fingerprint density at radius 2 is 1.75 bits per heavy atom. The third-order valence-electron chi connectivity index (χ3n) is 7.48. The van der Waals surface area contributed by atoms with Gasteiger partial charge in [-0.3, -0.25) is 4.79 Å². The fraction of sp³-hybridized carbons (Fsp3) is 0.400. The predicted octanol–water partition coefficient (Wildman–Crippen LogP) is 6.29. The zero-order valence-electron chi connectivity index (χ0n) is 22.6. The molecule has 1 aliphatic heterocycles. The Balaban J connectivity index is 1.25. The molecule has 10 heteroatoms. The first-order valence-electron chi connectivity index (χ1n) is 13.3. The molecule has 1 N–H and O–H groups in total. The molecule has 3 aromatic rings. The molecule has 2 heterocycles. The molecule has 1 aliphatic carbocycles. The van der Waals surface area contributed by atoms with E-state index in [0.717, 1.165) is 34.4 Å². The molecule has 1 amide bonds. The molecule has 0 radical (unpaired) electrons. The Morgan fingerprint density at radius 3 is 2.38 bits per heavy atom. The lowest BCUT2D eigenvalue weighted by atomic mass is 9.92. The van der Waals surface area contributed by atoms with E-state index in [1.54, 1.807) is 30.5 Å². The second kappa shape index (κ2) is 10.9. The lowest BCUT2D eigenvalue weighted by Gasteiger charge is -2.31. The van der Waals surface area contributed by atoms with Crippen LogP contribution in [0.15, 0.2) is 42.6 Å². The average Bonchev–Trinajstić information content (AvgIpc) is 3.48. The quantitative estimate of drug-likeness (QED) is 0.379. The van der Waals surface area contributed by atoms with Gasteiger partial charge in [-0.05, 0) is 99.4 Å². The van der Waals surface area contributed by atoms with Crippen molar-refractivity contribution in [3.8, 4) is 11.1 Å². The molecule has 0 saturated carbocycles. The minimum absolute atomic E-state index is 0.0448. The number of carbonyl (C=O) groups is 3. The van der Waals surface area contributed by atoms with Gasteiger partial charge in [-0.25, -0.2) is 9.59 Å². The number of rotatable bonds is 5. The summed E-state index contributed by atoms with van der Waals surface area (Å²) in [5, 5.41) is 14.5. The zero-order valence-corrected chi connectivity index (χ0v) is 24.1. The van der Waals surface area contributed by atoms with Crippen molar-refractivity contribution in [2.45, 2.75) is 64.5 Å². The molecule has 210 valence electrons. The average molecular weight is 585 g/mol. The summed E-state index contributed by atoms with van der Waals surface area (Å²) in [6.07, 6.45) is 4.50. The van der Waals surface area contributed by atoms with Gasteiger partial charge < -0.3 is 14.7 Å². The summed E-state index contributed by atoms with van der Waals surface area (Å²) in [6, 6.07) is 10.2. The van der Waals surface area contributed by atoms with Crippen LogP contribution in [-0.2, 0) is 28.8 Å². The molecule has 0 spiro atoms. The van der Waals surface area contributed by atoms with Crippen molar-refractivity contribution in [1.29, 1.82) is 0 Å². The van der Waals surface area contributed by atoms with Crippen molar-refractivity contribution in [2.24, 2.45) is 5.92 Å². The summed E-state index contributed by atoms with van der Waals surface area (Å²) >= 11 is 13.3. The maximum absolute atomic E-state index is 13.5. The number of amides is 1. The minimum atomic E-state index is -0.988. The third kappa shape index (κ3) is 5.88. The van der Waals surface area contributed by atoms with Crippen LogP contribution < -0.4 is 0 Å². The van der Waals surface area contributed by atoms with Crippen LogP contribution >= 0.6 is 23.2 Å². The van der Waals surface area contributed by atoms with Gasteiger partial charge in [-0.1, -0.05) is 35.3 Å². The van der Waals surface area contributed by atoms with E-state index in [-0.39, 0.29) is 23.4 Å². The first-order chi connectivity index (χ1) is 18.9. The fourth-order valence-corrected chi connectivity index (χ4v) is 6.13. The smallest absolute Gasteiger partial charge is 0.435 e. The summed E-state index contributed by atoms with van der Waals surface area (Å²) in [4.78, 5) is 39.0. The largest absolute Gasteiger partial charge is 0.478 e. The molecule has 2 aliphatic rings. The van der Waals surface area contributed by atoms with Crippen molar-refractivity contribution in [3.05, 3.63) is 75.0 Å². The number of hydrogen-bond donors (Lipinski definition) is 1. The molecular formula is C30H31Cl2N3O5. The molecule has 1 aromatic heterocycles. The van der Waals surface area contributed by atoms with Crippen molar-refractivity contribution in [1.82, 2.24) is 14.7 Å². The van der Waals surface area contributed by atoms with E-state index in [2.05, 4.69) is 5.10 Å². The first kappa shape index (κ1) is 28.2. The van der Waals surface area contributed by atoms with E-state index in [9.17, 15) is 14.4 Å². The van der Waals surface area contributed by atoms with Crippen LogP contribution in [0, 0.1) is 5.92 Å². The third-order valence-corrected chi connectivity index (χ3v) is 8.15. The number of aromatic carboxylic acids is 1. The number of hydrogen-bond acceptors (Lipinski definition) is 5. The van der Waals surface area contributed by atoms with Gasteiger partial charge in [0.2, 0.25) is 5.91 Å². The van der Waals surface area contributed by atoms with Crippen molar-refractivity contribution < 1.29 is 24.2 Å². The number of likely N-dealkylation sites (tertiary alicyclic amines) is 1. The van der Waals surface area contributed by atoms with Crippen molar-refractivity contribution in [2.75, 3.05) is 6.54 Å². The zero-order chi connectivity index (χ0) is 28.8. The highest BCUT2D eigenvalue weighted by atomic mass is 35.5. The molecule has 0 bridgehead atoms. The van der Waals surface area contributed by atoms with Crippen LogP contribution in [-0.4, -0.2) is 55.9 Å². The van der Waals surface area contributed by atoms with Crippen LogP contribution in [0.4, 0.5) is 4.79 Å². The second-order valence-electron chi connectivity index (χ2n) is 11.4. The van der Waals surface area contributed by atoms with Gasteiger partial charge in [0.15, 0.2) is 0 Å². The highest BCUT2D eigenvalue weighted by Crippen LogP contribution is 2.36. The maximum atomic E-state index is 13.5. The molecule has 1 fully saturated rings. The number of ether oxygens (including phenoxy) is 1. The Labute approximate surface area is 242 Å². The number of aromatic nitrogens is 2. The van der Waals surface area contributed by atoms with Gasteiger partial charge in [-0.2, -0.15) is 9.78 Å². The number of carboxylic acids is 1. The normalized spacial score (nSPS) is 19.0. The number of benzene rings is 2. The Morgan fingerprint density at radius 1 is 1.07 bits per heavy atom. The SMILES string of the molecule is CC(C)(C)OC(=O)n1cc2c(n1)CCC(N1CCC(Cc3c(Cl)cc(-c4ccc(C(=O)O)cc4)cc3Cl)C1=O)C2. The van der Waals surface area contributed by atoms with E-state index in [4.69, 9.17) is 33.0 Å². The van der Waals surface area contributed by atoms with Crippen LogP contribution in [0.25, 0.3) is 11.1 Å². The minimum Gasteiger partial charge on any atom is -0.478 e. The van der Waals surface area contributed by atoms with E-state index in [1.165, 1.54) is 16.8 Å². The molecule has 5 rings (SSSR count). The van der Waals surface area contributed by atoms with Gasteiger partial charge in [0.25, 0.3) is 0 Å². The van der Waals surface area contributed by atoms with Crippen LogP contribution in [0.5, 0.6) is 0 Å². The number of carboxylic acid groups (broad SMARTS) is 1. The summed E-state index contributed by atoms with van der Waals surface area (Å²) < 4.78 is 6.70. The predicted molar refractivity (Wildman–Crippen MR) is 152 cm³/mol. The van der Waals surface area contributed by atoms with Crippen LogP contribution in [0.2, 0.25) is 10.0 Å². The molecule has 2 unspecified atom stereocenters. The van der Waals surface area contributed by atoms with Crippen molar-refractivity contribution >= 4 is 41.2 Å². The highest BCUT2D eigenvalue weighted by molar-refractivity contribution is 6.36. The first-order valence-corrected chi connectivity index (χ1v) is 14.1. The van der Waals surface area contributed by atoms with Gasteiger partial charge in [0.1, 0.15) is 5.60 Å². The number of aryl methyl sites for hydroxylation is 1. The van der Waals surface area contributed by atoms with Gasteiger partial charge in [0, 0.05) is 34.7 Å². The second-order valence-corrected chi connectivity index (χ2v) is 12.3. The fourth-order valence-electron chi connectivity index (χ4n) is 5.49. The summed E-state index contributed by atoms with van der Waals surface area (Å²) in [6.45, 7) is 6.11. The molecule has 2 atom stereocenters. The Bertz CT molecular complexity index is 1450. The van der Waals surface area contributed by atoms with E-state index in [0.29, 0.717) is 42.3 Å². The molecule has 2 aromatic carbocycles. The van der Waals surface area contributed by atoms with E-state index in [1.807, 2.05) is 25.7 Å². The lowest BCUT2D eigenvalue weighted by molar-refractivity contribution is -0.133. The maximum Gasteiger partial charge on any atom is 0.435 e. The highest BCUT2D eigenvalue weighted by Gasteiger charge is 2.38. The molecule has 1 saturated heterocycles. The monoisotopic (exact) mass is 583 g/mol. The lowest BCUT2D eigenvalue weighted by Crippen LogP contribution is -2.41.